The van der Waals surface area contributed by atoms with Gasteiger partial charge in [0.25, 0.3) is 0 Å². The van der Waals surface area contributed by atoms with Crippen LogP contribution in [0.1, 0.15) is 41.9 Å². The number of Topliss-reactive ketones (excluding diaryl/α,β-unsaturated/α-hetero) is 1. The molecule has 0 aliphatic heterocycles. The first-order valence-corrected chi connectivity index (χ1v) is 8.48. The van der Waals surface area contributed by atoms with Crippen LogP contribution in [-0.2, 0) is 6.54 Å². The number of aromatic nitrogens is 3. The summed E-state index contributed by atoms with van der Waals surface area (Å²) >= 11 is 1.38. The molecule has 0 amide bonds. The molecular formula is C17H18FN3OS. The Labute approximate surface area is 138 Å². The van der Waals surface area contributed by atoms with Crippen LogP contribution in [0.25, 0.3) is 0 Å². The lowest BCUT2D eigenvalue weighted by Gasteiger charge is -2.11. The summed E-state index contributed by atoms with van der Waals surface area (Å²) in [5.41, 5.74) is 0.503. The summed E-state index contributed by atoms with van der Waals surface area (Å²) in [5.74, 6) is 1.08. The lowest BCUT2D eigenvalue weighted by atomic mass is 10.1. The van der Waals surface area contributed by atoms with Crippen molar-refractivity contribution in [3.05, 3.63) is 54.1 Å². The van der Waals surface area contributed by atoms with Gasteiger partial charge in [0.15, 0.2) is 10.9 Å². The van der Waals surface area contributed by atoms with Crippen molar-refractivity contribution in [1.29, 1.82) is 0 Å². The third-order valence-electron chi connectivity index (χ3n) is 3.78. The third kappa shape index (κ3) is 3.52. The molecule has 0 spiro atoms. The van der Waals surface area contributed by atoms with Crippen molar-refractivity contribution in [2.75, 3.05) is 0 Å². The van der Waals surface area contributed by atoms with Crippen molar-refractivity contribution in [2.45, 2.75) is 42.6 Å². The summed E-state index contributed by atoms with van der Waals surface area (Å²) in [4.78, 5) is 12.5. The fourth-order valence-electron chi connectivity index (χ4n) is 2.39. The molecule has 1 atom stereocenters. The number of carbonyl (C=O) groups is 1. The molecule has 1 aliphatic carbocycles. The predicted octanol–water partition coefficient (Wildman–Crippen LogP) is 3.84. The van der Waals surface area contributed by atoms with Gasteiger partial charge in [-0.15, -0.1) is 16.8 Å². The number of nitrogens with zero attached hydrogens (tertiary/aromatic N) is 3. The number of ketones is 1. The number of benzene rings is 1. The molecule has 23 heavy (non-hydrogen) atoms. The normalized spacial score (nSPS) is 15.4. The largest absolute Gasteiger partial charge is 0.302 e. The van der Waals surface area contributed by atoms with E-state index in [-0.39, 0.29) is 16.9 Å². The molecule has 6 heteroatoms. The van der Waals surface area contributed by atoms with E-state index < -0.39 is 0 Å². The highest BCUT2D eigenvalue weighted by Gasteiger charge is 2.31. The van der Waals surface area contributed by atoms with E-state index in [0.717, 1.165) is 23.8 Å². The zero-order valence-electron chi connectivity index (χ0n) is 12.9. The van der Waals surface area contributed by atoms with E-state index in [1.54, 1.807) is 0 Å². The van der Waals surface area contributed by atoms with Crippen LogP contribution in [0.3, 0.4) is 0 Å². The van der Waals surface area contributed by atoms with Crippen LogP contribution in [0.5, 0.6) is 0 Å². The second kappa shape index (κ2) is 6.66. The van der Waals surface area contributed by atoms with E-state index in [0.29, 0.717) is 18.0 Å². The maximum Gasteiger partial charge on any atom is 0.192 e. The summed E-state index contributed by atoms with van der Waals surface area (Å²) in [6.45, 7) is 6.25. The van der Waals surface area contributed by atoms with Gasteiger partial charge >= 0.3 is 0 Å². The molecule has 0 radical (unpaired) electrons. The topological polar surface area (TPSA) is 47.8 Å². The Morgan fingerprint density at radius 1 is 1.43 bits per heavy atom. The maximum atomic E-state index is 13.0. The summed E-state index contributed by atoms with van der Waals surface area (Å²) in [5, 5.41) is 8.93. The Hall–Kier alpha value is -1.95. The van der Waals surface area contributed by atoms with Crippen molar-refractivity contribution in [3.63, 3.8) is 0 Å². The van der Waals surface area contributed by atoms with Gasteiger partial charge in [-0.05, 0) is 44.0 Å². The number of hydrogen-bond acceptors (Lipinski definition) is 4. The van der Waals surface area contributed by atoms with E-state index in [1.165, 1.54) is 36.0 Å². The molecular weight excluding hydrogens is 313 g/mol. The molecule has 1 unspecified atom stereocenters. The van der Waals surface area contributed by atoms with Gasteiger partial charge in [0.05, 0.1) is 5.25 Å². The Balaban J connectivity index is 1.76. The summed E-state index contributed by atoms with van der Waals surface area (Å²) in [6, 6.07) is 5.63. The summed E-state index contributed by atoms with van der Waals surface area (Å²) in [7, 11) is 0. The zero-order valence-corrected chi connectivity index (χ0v) is 13.7. The molecule has 1 aromatic carbocycles. The number of halogens is 1. The molecule has 1 aromatic heterocycles. The summed E-state index contributed by atoms with van der Waals surface area (Å²) < 4.78 is 15.0. The fraction of sp³-hybridized carbons (Fsp3) is 0.353. The lowest BCUT2D eigenvalue weighted by Crippen LogP contribution is -2.15. The van der Waals surface area contributed by atoms with Crippen LogP contribution >= 0.6 is 11.8 Å². The van der Waals surface area contributed by atoms with Crippen molar-refractivity contribution in [3.8, 4) is 0 Å². The number of hydrogen-bond donors (Lipinski definition) is 0. The lowest BCUT2D eigenvalue weighted by molar-refractivity contribution is 0.0994. The van der Waals surface area contributed by atoms with Crippen LogP contribution in [0, 0.1) is 5.82 Å². The highest BCUT2D eigenvalue weighted by Crippen LogP contribution is 2.40. The minimum absolute atomic E-state index is 0.0453. The van der Waals surface area contributed by atoms with Crippen molar-refractivity contribution in [2.24, 2.45) is 0 Å². The monoisotopic (exact) mass is 331 g/mol. The van der Waals surface area contributed by atoms with E-state index in [2.05, 4.69) is 16.8 Å². The van der Waals surface area contributed by atoms with Crippen molar-refractivity contribution < 1.29 is 9.18 Å². The number of allylic oxidation sites excluding steroid dienone is 1. The fourth-order valence-corrected chi connectivity index (χ4v) is 3.33. The molecule has 1 heterocycles. The highest BCUT2D eigenvalue weighted by atomic mass is 32.2. The first-order valence-electron chi connectivity index (χ1n) is 7.60. The molecule has 120 valence electrons. The second-order valence-corrected chi connectivity index (χ2v) is 6.95. The molecule has 3 rings (SSSR count). The van der Waals surface area contributed by atoms with Gasteiger partial charge in [-0.25, -0.2) is 4.39 Å². The van der Waals surface area contributed by atoms with E-state index in [1.807, 2.05) is 17.6 Å². The minimum atomic E-state index is -0.346. The SMILES string of the molecule is C=CCn1c(SC(C)C(=O)c2ccc(F)cc2)nnc1C1CC1. The first kappa shape index (κ1) is 15.9. The second-order valence-electron chi connectivity index (χ2n) is 5.65. The van der Waals surface area contributed by atoms with E-state index >= 15 is 0 Å². The van der Waals surface area contributed by atoms with Gasteiger partial charge in [-0.2, -0.15) is 0 Å². The zero-order chi connectivity index (χ0) is 16.4. The van der Waals surface area contributed by atoms with Crippen LogP contribution < -0.4 is 0 Å². The van der Waals surface area contributed by atoms with Crippen LogP contribution in [0.15, 0.2) is 42.1 Å². The minimum Gasteiger partial charge on any atom is -0.302 e. The van der Waals surface area contributed by atoms with Gasteiger partial charge in [0, 0.05) is 18.0 Å². The molecule has 1 saturated carbocycles. The molecule has 0 N–H and O–H groups in total. The predicted molar refractivity (Wildman–Crippen MR) is 88.2 cm³/mol. The Bertz CT molecular complexity index is 722. The smallest absolute Gasteiger partial charge is 0.192 e. The summed E-state index contributed by atoms with van der Waals surface area (Å²) in [6.07, 6.45) is 4.10. The van der Waals surface area contributed by atoms with Gasteiger partial charge in [-0.1, -0.05) is 17.8 Å². The standard InChI is InChI=1S/C17H18FN3OS/c1-3-10-21-16(13-4-5-13)19-20-17(21)23-11(2)15(22)12-6-8-14(18)9-7-12/h3,6-9,11,13H,1,4-5,10H2,2H3. The maximum absolute atomic E-state index is 13.0. The average molecular weight is 331 g/mol. The third-order valence-corrected chi connectivity index (χ3v) is 4.86. The van der Waals surface area contributed by atoms with Gasteiger partial charge in [0.2, 0.25) is 0 Å². The Morgan fingerprint density at radius 3 is 2.74 bits per heavy atom. The first-order chi connectivity index (χ1) is 11.1. The highest BCUT2D eigenvalue weighted by molar-refractivity contribution is 8.00. The van der Waals surface area contributed by atoms with E-state index in [4.69, 9.17) is 0 Å². The molecule has 0 bridgehead atoms. The molecule has 1 aliphatic rings. The molecule has 0 saturated heterocycles. The Morgan fingerprint density at radius 2 is 2.13 bits per heavy atom. The van der Waals surface area contributed by atoms with E-state index in [9.17, 15) is 9.18 Å². The Kier molecular flexibility index (Phi) is 4.61. The quantitative estimate of drug-likeness (QED) is 0.439. The van der Waals surface area contributed by atoms with Crippen molar-refractivity contribution >= 4 is 17.5 Å². The van der Waals surface area contributed by atoms with Gasteiger partial charge in [0.1, 0.15) is 11.6 Å². The van der Waals surface area contributed by atoms with Crippen LogP contribution in [0.2, 0.25) is 0 Å². The average Bonchev–Trinajstić information content (AvgIpc) is 3.32. The molecule has 2 aromatic rings. The number of carbonyl (C=O) groups excluding carboxylic acids is 1. The molecule has 1 fully saturated rings. The van der Waals surface area contributed by atoms with Gasteiger partial charge in [-0.3, -0.25) is 4.79 Å². The number of thioether (sulfide) groups is 1. The number of rotatable bonds is 7. The van der Waals surface area contributed by atoms with Crippen LogP contribution in [-0.4, -0.2) is 25.8 Å². The van der Waals surface area contributed by atoms with Gasteiger partial charge < -0.3 is 4.57 Å². The van der Waals surface area contributed by atoms with Crippen molar-refractivity contribution in [1.82, 2.24) is 14.8 Å². The van der Waals surface area contributed by atoms with Crippen LogP contribution in [0.4, 0.5) is 4.39 Å². The molecule has 4 nitrogen and oxygen atoms in total.